The van der Waals surface area contributed by atoms with Crippen LogP contribution in [0.25, 0.3) is 0 Å². The Labute approximate surface area is 174 Å². The molecule has 1 heterocycles. The molecular formula is C23H26BrNO3. The molecular weight excluding hydrogens is 418 g/mol. The Morgan fingerprint density at radius 1 is 1.11 bits per heavy atom. The molecule has 3 atom stereocenters. The zero-order valence-electron chi connectivity index (χ0n) is 16.1. The minimum atomic E-state index is -0.806. The van der Waals surface area contributed by atoms with Crippen LogP contribution in [0.15, 0.2) is 59.1 Å². The number of carboxylic acid groups (broad SMARTS) is 1. The van der Waals surface area contributed by atoms with Gasteiger partial charge in [0.1, 0.15) is 0 Å². The fourth-order valence-electron chi connectivity index (χ4n) is 3.93. The second-order valence-corrected chi connectivity index (χ2v) is 8.60. The number of likely N-dealkylation sites (tertiary alicyclic amines) is 1. The molecule has 28 heavy (non-hydrogen) atoms. The molecule has 4 nitrogen and oxygen atoms in total. The summed E-state index contributed by atoms with van der Waals surface area (Å²) in [6.45, 7) is 2.97. The number of hydrogen-bond acceptors (Lipinski definition) is 2. The second-order valence-electron chi connectivity index (χ2n) is 7.68. The number of amides is 1. The molecule has 5 heteroatoms. The Balaban J connectivity index is 1.57. The number of carboxylic acids is 1. The van der Waals surface area contributed by atoms with Gasteiger partial charge in [-0.05, 0) is 47.9 Å². The lowest BCUT2D eigenvalue weighted by Gasteiger charge is -2.18. The molecule has 3 rings (SSSR count). The molecule has 1 saturated heterocycles. The van der Waals surface area contributed by atoms with Gasteiger partial charge in [0, 0.05) is 24.0 Å². The highest BCUT2D eigenvalue weighted by Gasteiger charge is 2.39. The van der Waals surface area contributed by atoms with E-state index < -0.39 is 11.9 Å². The van der Waals surface area contributed by atoms with Crippen molar-refractivity contribution < 1.29 is 14.7 Å². The van der Waals surface area contributed by atoms with Gasteiger partial charge in [0.15, 0.2) is 0 Å². The summed E-state index contributed by atoms with van der Waals surface area (Å²) in [6.07, 6.45) is 1.90. The van der Waals surface area contributed by atoms with Crippen LogP contribution < -0.4 is 0 Å². The fraction of sp³-hybridized carbons (Fsp3) is 0.391. The van der Waals surface area contributed by atoms with Crippen molar-refractivity contribution in [2.24, 2.45) is 11.8 Å². The predicted octanol–water partition coefficient (Wildman–Crippen LogP) is 4.73. The number of benzene rings is 2. The largest absolute Gasteiger partial charge is 0.481 e. The van der Waals surface area contributed by atoms with Crippen LogP contribution in [0.5, 0.6) is 0 Å². The molecule has 1 aliphatic rings. The first kappa shape index (κ1) is 20.6. The summed E-state index contributed by atoms with van der Waals surface area (Å²) < 4.78 is 1.04. The molecule has 1 aliphatic heterocycles. The van der Waals surface area contributed by atoms with E-state index in [9.17, 15) is 14.7 Å². The van der Waals surface area contributed by atoms with E-state index in [2.05, 4.69) is 35.0 Å². The lowest BCUT2D eigenvalue weighted by atomic mass is 9.90. The number of rotatable bonds is 7. The number of nitrogens with zero attached hydrogens (tertiary/aromatic N) is 1. The summed E-state index contributed by atoms with van der Waals surface area (Å²) in [6, 6.07) is 18.1. The highest BCUT2D eigenvalue weighted by molar-refractivity contribution is 9.10. The van der Waals surface area contributed by atoms with Crippen molar-refractivity contribution in [3.05, 3.63) is 70.2 Å². The number of halogens is 1. The van der Waals surface area contributed by atoms with Crippen molar-refractivity contribution in [1.82, 2.24) is 4.90 Å². The second kappa shape index (κ2) is 9.37. The van der Waals surface area contributed by atoms with Crippen LogP contribution in [-0.4, -0.2) is 35.0 Å². The van der Waals surface area contributed by atoms with Crippen LogP contribution in [0, 0.1) is 11.8 Å². The van der Waals surface area contributed by atoms with E-state index in [4.69, 9.17) is 0 Å². The van der Waals surface area contributed by atoms with Gasteiger partial charge in [-0.3, -0.25) is 9.59 Å². The molecule has 0 radical (unpaired) electrons. The fourth-order valence-corrected chi connectivity index (χ4v) is 4.20. The van der Waals surface area contributed by atoms with Gasteiger partial charge < -0.3 is 10.0 Å². The molecule has 1 fully saturated rings. The van der Waals surface area contributed by atoms with E-state index in [0.29, 0.717) is 25.9 Å². The Kier molecular flexibility index (Phi) is 6.89. The average molecular weight is 444 g/mol. The van der Waals surface area contributed by atoms with Crippen molar-refractivity contribution in [1.29, 1.82) is 0 Å². The molecule has 0 aliphatic carbocycles. The van der Waals surface area contributed by atoms with Crippen LogP contribution in [0.4, 0.5) is 0 Å². The van der Waals surface area contributed by atoms with Gasteiger partial charge in [0.2, 0.25) is 5.91 Å². The number of aliphatic carboxylic acids is 1. The van der Waals surface area contributed by atoms with Gasteiger partial charge in [-0.15, -0.1) is 0 Å². The Hall–Kier alpha value is -2.14. The van der Waals surface area contributed by atoms with Crippen molar-refractivity contribution in [2.75, 3.05) is 13.1 Å². The maximum absolute atomic E-state index is 12.7. The Morgan fingerprint density at radius 3 is 2.43 bits per heavy atom. The molecule has 0 saturated carbocycles. The van der Waals surface area contributed by atoms with E-state index in [1.807, 2.05) is 42.5 Å². The molecule has 2 aromatic carbocycles. The minimum Gasteiger partial charge on any atom is -0.481 e. The van der Waals surface area contributed by atoms with E-state index in [1.54, 1.807) is 4.90 Å². The van der Waals surface area contributed by atoms with Crippen molar-refractivity contribution in [2.45, 2.75) is 32.1 Å². The molecule has 0 bridgehead atoms. The third kappa shape index (κ3) is 5.22. The average Bonchev–Trinajstić information content (AvgIpc) is 3.11. The van der Waals surface area contributed by atoms with Gasteiger partial charge in [0.25, 0.3) is 0 Å². The van der Waals surface area contributed by atoms with Gasteiger partial charge in [0.05, 0.1) is 5.92 Å². The molecule has 0 spiro atoms. The van der Waals surface area contributed by atoms with E-state index >= 15 is 0 Å². The Morgan fingerprint density at radius 2 is 1.79 bits per heavy atom. The van der Waals surface area contributed by atoms with Gasteiger partial charge in [-0.2, -0.15) is 0 Å². The van der Waals surface area contributed by atoms with Gasteiger partial charge >= 0.3 is 5.97 Å². The standard InChI is InChI=1S/C23H26BrNO3/c1-16(18-8-10-20(24)11-9-18)7-12-22(26)25-14-19(21(15-25)23(27)28)13-17-5-3-2-4-6-17/h2-6,8-11,16,19,21H,7,12-15H2,1H3,(H,27,28)/t16?,19-,21-/m1/s1. The topological polar surface area (TPSA) is 57.6 Å². The summed E-state index contributed by atoms with van der Waals surface area (Å²) in [5, 5.41) is 9.61. The third-order valence-electron chi connectivity index (χ3n) is 5.68. The summed E-state index contributed by atoms with van der Waals surface area (Å²) in [4.78, 5) is 26.2. The molecule has 148 valence electrons. The lowest BCUT2D eigenvalue weighted by Crippen LogP contribution is -2.29. The van der Waals surface area contributed by atoms with E-state index in [0.717, 1.165) is 16.5 Å². The minimum absolute atomic E-state index is 0.0345. The molecule has 0 aromatic heterocycles. The molecule has 1 unspecified atom stereocenters. The summed E-state index contributed by atoms with van der Waals surface area (Å²) in [5.74, 6) is -0.985. The van der Waals surface area contributed by atoms with Crippen LogP contribution >= 0.6 is 15.9 Å². The van der Waals surface area contributed by atoms with E-state index in [-0.39, 0.29) is 17.7 Å². The van der Waals surface area contributed by atoms with E-state index in [1.165, 1.54) is 5.56 Å². The SMILES string of the molecule is CC(CCC(=O)N1C[C@@H](Cc2ccccc2)[C@H](C(=O)O)C1)c1ccc(Br)cc1. The van der Waals surface area contributed by atoms with Gasteiger partial charge in [-0.1, -0.05) is 65.3 Å². The summed E-state index contributed by atoms with van der Waals surface area (Å²) in [7, 11) is 0. The van der Waals surface area contributed by atoms with Crippen LogP contribution in [0.1, 0.15) is 36.8 Å². The quantitative estimate of drug-likeness (QED) is 0.672. The number of hydrogen-bond donors (Lipinski definition) is 1. The van der Waals surface area contributed by atoms with Crippen molar-refractivity contribution in [3.8, 4) is 0 Å². The van der Waals surface area contributed by atoms with Crippen LogP contribution in [-0.2, 0) is 16.0 Å². The highest BCUT2D eigenvalue weighted by atomic mass is 79.9. The number of carbonyl (C=O) groups excluding carboxylic acids is 1. The molecule has 2 aromatic rings. The van der Waals surface area contributed by atoms with Crippen molar-refractivity contribution >= 4 is 27.8 Å². The van der Waals surface area contributed by atoms with Crippen LogP contribution in [0.2, 0.25) is 0 Å². The maximum Gasteiger partial charge on any atom is 0.308 e. The van der Waals surface area contributed by atoms with Gasteiger partial charge in [-0.25, -0.2) is 0 Å². The number of carbonyl (C=O) groups is 2. The van der Waals surface area contributed by atoms with Crippen LogP contribution in [0.3, 0.4) is 0 Å². The first-order valence-corrected chi connectivity index (χ1v) is 10.5. The Bertz CT molecular complexity index is 806. The molecule has 1 amide bonds. The zero-order chi connectivity index (χ0) is 20.1. The highest BCUT2D eigenvalue weighted by Crippen LogP contribution is 2.29. The van der Waals surface area contributed by atoms with Crippen molar-refractivity contribution in [3.63, 3.8) is 0 Å². The predicted molar refractivity (Wildman–Crippen MR) is 113 cm³/mol. The lowest BCUT2D eigenvalue weighted by molar-refractivity contribution is -0.142. The molecule has 1 N–H and O–H groups in total. The summed E-state index contributed by atoms with van der Waals surface area (Å²) >= 11 is 3.44. The monoisotopic (exact) mass is 443 g/mol. The third-order valence-corrected chi connectivity index (χ3v) is 6.21. The first-order valence-electron chi connectivity index (χ1n) is 9.74. The smallest absolute Gasteiger partial charge is 0.308 e. The normalized spacial score (nSPS) is 20.1. The maximum atomic E-state index is 12.7. The zero-order valence-corrected chi connectivity index (χ0v) is 17.6. The summed E-state index contributed by atoms with van der Waals surface area (Å²) in [5.41, 5.74) is 2.33. The first-order chi connectivity index (χ1) is 13.4.